The molecule has 13 heteroatoms. The van der Waals surface area contributed by atoms with Crippen LogP contribution in [0.25, 0.3) is 0 Å². The Morgan fingerprint density at radius 2 is 1.74 bits per heavy atom. The SMILES string of the molecule is O=C(NCCCCCCNC(=O)n1cc(F)c(=O)[nH]c1=O)NNC(=O)c1cccnc1. The summed E-state index contributed by atoms with van der Waals surface area (Å²) in [6.07, 6.45) is 6.18. The topological polar surface area (TPSA) is 167 Å². The third-order valence-corrected chi connectivity index (χ3v) is 4.00. The number of hydrogen-bond acceptors (Lipinski definition) is 6. The summed E-state index contributed by atoms with van der Waals surface area (Å²) in [5, 5.41) is 5.03. The minimum absolute atomic E-state index is 0.250. The van der Waals surface area contributed by atoms with E-state index in [1.54, 1.807) is 17.1 Å². The molecule has 31 heavy (non-hydrogen) atoms. The van der Waals surface area contributed by atoms with Gasteiger partial charge in [0.05, 0.1) is 11.8 Å². The van der Waals surface area contributed by atoms with E-state index >= 15 is 0 Å². The number of hydrazine groups is 1. The van der Waals surface area contributed by atoms with E-state index in [2.05, 4.69) is 26.5 Å². The second kappa shape index (κ2) is 11.8. The van der Waals surface area contributed by atoms with Gasteiger partial charge in [-0.15, -0.1) is 0 Å². The monoisotopic (exact) mass is 435 g/mol. The van der Waals surface area contributed by atoms with Gasteiger partial charge >= 0.3 is 17.8 Å². The number of aromatic nitrogens is 3. The molecule has 0 bridgehead atoms. The van der Waals surface area contributed by atoms with Crippen molar-refractivity contribution in [3.8, 4) is 0 Å². The highest BCUT2D eigenvalue weighted by molar-refractivity contribution is 5.94. The van der Waals surface area contributed by atoms with Crippen LogP contribution in [0.4, 0.5) is 14.0 Å². The molecule has 0 spiro atoms. The first-order valence-corrected chi connectivity index (χ1v) is 9.42. The van der Waals surface area contributed by atoms with E-state index in [9.17, 15) is 28.4 Å². The highest BCUT2D eigenvalue weighted by Crippen LogP contribution is 1.98. The first kappa shape index (κ1) is 23.3. The standard InChI is InChI=1S/C18H22FN7O5/c19-13-11-26(18(31)23-15(13)28)17(30)22-9-4-2-1-3-8-21-16(29)25-24-14(27)12-6-5-7-20-10-12/h5-7,10-11H,1-4,8-9H2,(H,22,30)(H,24,27)(H2,21,25,29)(H,23,28,31). The molecule has 4 amide bonds. The molecule has 0 saturated heterocycles. The van der Waals surface area contributed by atoms with E-state index in [-0.39, 0.29) is 6.54 Å². The molecule has 2 aromatic heterocycles. The molecule has 0 unspecified atom stereocenters. The summed E-state index contributed by atoms with van der Waals surface area (Å²) >= 11 is 0. The summed E-state index contributed by atoms with van der Waals surface area (Å²) in [5.74, 6) is -1.72. The molecule has 166 valence electrons. The van der Waals surface area contributed by atoms with Crippen LogP contribution in [0.1, 0.15) is 36.0 Å². The van der Waals surface area contributed by atoms with Crippen molar-refractivity contribution in [3.63, 3.8) is 0 Å². The molecule has 0 atom stereocenters. The number of amides is 4. The Balaban J connectivity index is 1.52. The minimum atomic E-state index is -1.23. The Bertz CT molecular complexity index is 1020. The fourth-order valence-corrected chi connectivity index (χ4v) is 2.41. The van der Waals surface area contributed by atoms with Crippen molar-refractivity contribution < 1.29 is 18.8 Å². The lowest BCUT2D eigenvalue weighted by Crippen LogP contribution is -2.47. The van der Waals surface area contributed by atoms with Crippen LogP contribution in [-0.2, 0) is 0 Å². The molecule has 0 aliphatic rings. The van der Waals surface area contributed by atoms with Crippen LogP contribution >= 0.6 is 0 Å². The lowest BCUT2D eigenvalue weighted by atomic mass is 10.2. The number of halogens is 1. The molecular weight excluding hydrogens is 413 g/mol. The van der Waals surface area contributed by atoms with E-state index < -0.39 is 35.0 Å². The number of carbonyl (C=O) groups excluding carboxylic acids is 3. The maximum Gasteiger partial charge on any atom is 0.336 e. The van der Waals surface area contributed by atoms with Crippen molar-refractivity contribution in [2.45, 2.75) is 25.7 Å². The van der Waals surface area contributed by atoms with Crippen LogP contribution < -0.4 is 32.7 Å². The number of aromatic amines is 1. The van der Waals surface area contributed by atoms with Crippen molar-refractivity contribution in [3.05, 3.63) is 62.9 Å². The van der Waals surface area contributed by atoms with E-state index in [1.807, 2.05) is 0 Å². The molecule has 0 radical (unpaired) electrons. The lowest BCUT2D eigenvalue weighted by molar-refractivity contribution is 0.0936. The molecule has 0 aliphatic heterocycles. The molecule has 0 aliphatic carbocycles. The van der Waals surface area contributed by atoms with Crippen LogP contribution in [0.15, 0.2) is 40.3 Å². The highest BCUT2D eigenvalue weighted by atomic mass is 19.1. The highest BCUT2D eigenvalue weighted by Gasteiger charge is 2.10. The van der Waals surface area contributed by atoms with Crippen LogP contribution in [0.5, 0.6) is 0 Å². The number of nitrogens with zero attached hydrogens (tertiary/aromatic N) is 2. The predicted octanol–water partition coefficient (Wildman–Crippen LogP) is -0.167. The number of urea groups is 1. The maximum atomic E-state index is 13.2. The summed E-state index contributed by atoms with van der Waals surface area (Å²) in [7, 11) is 0. The van der Waals surface area contributed by atoms with Crippen LogP contribution in [0, 0.1) is 5.82 Å². The quantitative estimate of drug-likeness (QED) is 0.285. The Hall–Kier alpha value is -4.03. The van der Waals surface area contributed by atoms with E-state index in [4.69, 9.17) is 0 Å². The van der Waals surface area contributed by atoms with E-state index in [0.29, 0.717) is 35.7 Å². The molecule has 2 aromatic rings. The Labute approximate surface area is 175 Å². The summed E-state index contributed by atoms with van der Waals surface area (Å²) in [5.41, 5.74) is 2.58. The Kier molecular flexibility index (Phi) is 8.89. The van der Waals surface area contributed by atoms with Crippen LogP contribution in [0.2, 0.25) is 0 Å². The van der Waals surface area contributed by atoms with Gasteiger partial charge < -0.3 is 10.6 Å². The second-order valence-corrected chi connectivity index (χ2v) is 6.33. The third kappa shape index (κ3) is 7.72. The van der Waals surface area contributed by atoms with E-state index in [1.165, 1.54) is 12.4 Å². The van der Waals surface area contributed by atoms with Gasteiger partial charge in [-0.3, -0.25) is 25.0 Å². The van der Waals surface area contributed by atoms with Gasteiger partial charge in [0.25, 0.3) is 11.5 Å². The van der Waals surface area contributed by atoms with Gasteiger partial charge in [0.15, 0.2) is 0 Å². The van der Waals surface area contributed by atoms with Crippen molar-refractivity contribution in [1.82, 2.24) is 36.0 Å². The Morgan fingerprint density at radius 1 is 1.03 bits per heavy atom. The molecule has 0 fully saturated rings. The van der Waals surface area contributed by atoms with Crippen molar-refractivity contribution in [2.75, 3.05) is 13.1 Å². The average molecular weight is 435 g/mol. The van der Waals surface area contributed by atoms with Crippen LogP contribution in [0.3, 0.4) is 0 Å². The summed E-state index contributed by atoms with van der Waals surface area (Å²) in [6, 6.07) is 1.76. The minimum Gasteiger partial charge on any atom is -0.337 e. The normalized spacial score (nSPS) is 10.2. The fourth-order valence-electron chi connectivity index (χ4n) is 2.41. The zero-order valence-electron chi connectivity index (χ0n) is 16.4. The van der Waals surface area contributed by atoms with Gasteiger partial charge in [-0.05, 0) is 25.0 Å². The average Bonchev–Trinajstić information content (AvgIpc) is 2.76. The number of H-pyrrole nitrogens is 1. The van der Waals surface area contributed by atoms with Gasteiger partial charge in [-0.2, -0.15) is 4.39 Å². The number of pyridine rings is 1. The second-order valence-electron chi connectivity index (χ2n) is 6.33. The molecule has 0 saturated carbocycles. The van der Waals surface area contributed by atoms with Crippen molar-refractivity contribution in [2.24, 2.45) is 0 Å². The molecule has 0 aromatic carbocycles. The molecular formula is C18H22FN7O5. The first-order valence-electron chi connectivity index (χ1n) is 9.42. The fraction of sp³-hybridized carbons (Fsp3) is 0.333. The van der Waals surface area contributed by atoms with Gasteiger partial charge in [0.2, 0.25) is 5.82 Å². The number of hydrogen-bond donors (Lipinski definition) is 5. The molecule has 2 heterocycles. The zero-order valence-corrected chi connectivity index (χ0v) is 16.4. The van der Waals surface area contributed by atoms with Crippen molar-refractivity contribution in [1.29, 1.82) is 0 Å². The van der Waals surface area contributed by atoms with Crippen molar-refractivity contribution >= 4 is 18.0 Å². The van der Waals surface area contributed by atoms with Gasteiger partial charge in [-0.1, -0.05) is 12.8 Å². The predicted molar refractivity (Wildman–Crippen MR) is 107 cm³/mol. The molecule has 2 rings (SSSR count). The summed E-state index contributed by atoms with van der Waals surface area (Å²) in [6.45, 7) is 0.632. The number of unbranched alkanes of at least 4 members (excludes halogenated alkanes) is 3. The molecule has 5 N–H and O–H groups in total. The largest absolute Gasteiger partial charge is 0.337 e. The zero-order chi connectivity index (χ0) is 22.6. The van der Waals surface area contributed by atoms with Gasteiger partial charge in [0.1, 0.15) is 0 Å². The smallest absolute Gasteiger partial charge is 0.336 e. The number of carbonyl (C=O) groups is 3. The van der Waals surface area contributed by atoms with Gasteiger partial charge in [0, 0.05) is 25.5 Å². The maximum absolute atomic E-state index is 13.2. The summed E-state index contributed by atoms with van der Waals surface area (Å²) < 4.78 is 13.6. The molecule has 12 nitrogen and oxygen atoms in total. The lowest BCUT2D eigenvalue weighted by Gasteiger charge is -2.09. The number of rotatable bonds is 8. The first-order chi connectivity index (χ1) is 14.9. The number of nitrogens with one attached hydrogen (secondary N) is 5. The van der Waals surface area contributed by atoms with Crippen LogP contribution in [-0.4, -0.2) is 45.6 Å². The third-order valence-electron chi connectivity index (χ3n) is 4.00. The van der Waals surface area contributed by atoms with E-state index in [0.717, 1.165) is 12.8 Å². The summed E-state index contributed by atoms with van der Waals surface area (Å²) in [4.78, 5) is 63.1. The Morgan fingerprint density at radius 3 is 2.42 bits per heavy atom. The van der Waals surface area contributed by atoms with Gasteiger partial charge in [-0.25, -0.2) is 24.4 Å².